The summed E-state index contributed by atoms with van der Waals surface area (Å²) in [6.07, 6.45) is 2.33. The molecule has 1 aromatic heterocycles. The van der Waals surface area contributed by atoms with E-state index in [2.05, 4.69) is 4.98 Å². The first kappa shape index (κ1) is 13.1. The molecule has 1 aliphatic heterocycles. The molecule has 1 fully saturated rings. The molecule has 20 heavy (non-hydrogen) atoms. The van der Waals surface area contributed by atoms with Gasteiger partial charge in [0.05, 0.1) is 6.04 Å². The van der Waals surface area contributed by atoms with Crippen molar-refractivity contribution in [1.29, 1.82) is 0 Å². The number of pyridine rings is 1. The summed E-state index contributed by atoms with van der Waals surface area (Å²) in [6.45, 7) is 1.12. The highest BCUT2D eigenvalue weighted by Crippen LogP contribution is 2.27. The molecule has 1 amide bonds. The van der Waals surface area contributed by atoms with E-state index in [1.54, 1.807) is 11.1 Å². The van der Waals surface area contributed by atoms with Gasteiger partial charge in [0, 0.05) is 30.4 Å². The highest BCUT2D eigenvalue weighted by Gasteiger charge is 2.28. The normalized spacial score (nSPS) is 19.0. The number of halogens is 1. The van der Waals surface area contributed by atoms with Crippen molar-refractivity contribution in [2.75, 3.05) is 12.3 Å². The highest BCUT2D eigenvalue weighted by atomic mass is 35.5. The van der Waals surface area contributed by atoms with Gasteiger partial charge in [-0.05, 0) is 35.6 Å². The van der Waals surface area contributed by atoms with Gasteiger partial charge in [-0.2, -0.15) is 0 Å². The molecule has 2 heterocycles. The first-order chi connectivity index (χ1) is 9.56. The number of carbonyl (C=O) groups is 1. The fraction of sp³-hybridized carbons (Fsp3) is 0.286. The number of fused-ring (bicyclic) bond motifs is 1. The highest BCUT2D eigenvalue weighted by molar-refractivity contribution is 6.34. The molecule has 1 atom stereocenters. The van der Waals surface area contributed by atoms with E-state index in [-0.39, 0.29) is 11.9 Å². The number of aromatic nitrogens is 1. The Labute approximate surface area is 121 Å². The zero-order valence-corrected chi connectivity index (χ0v) is 11.6. The van der Waals surface area contributed by atoms with Crippen molar-refractivity contribution in [1.82, 2.24) is 9.88 Å². The zero-order valence-electron chi connectivity index (χ0n) is 10.8. The molecule has 104 valence electrons. The van der Waals surface area contributed by atoms with E-state index in [1.807, 2.05) is 18.2 Å². The van der Waals surface area contributed by atoms with Gasteiger partial charge in [-0.15, -0.1) is 0 Å². The van der Waals surface area contributed by atoms with Crippen LogP contribution in [-0.4, -0.2) is 28.4 Å². The minimum atomic E-state index is -0.387. The number of hydrogen-bond donors (Lipinski definition) is 2. The topological polar surface area (TPSA) is 85.2 Å². The molecule has 1 aliphatic rings. The zero-order chi connectivity index (χ0) is 14.3. The number of likely N-dealkylation sites (tertiary alicyclic amines) is 1. The Morgan fingerprint density at radius 3 is 2.95 bits per heavy atom. The molecule has 0 saturated carbocycles. The number of benzene rings is 1. The fourth-order valence-corrected chi connectivity index (χ4v) is 2.73. The summed E-state index contributed by atoms with van der Waals surface area (Å²) in [5.41, 5.74) is 13.3. The predicted molar refractivity (Wildman–Crippen MR) is 79.2 cm³/mol. The number of hydrogen-bond acceptors (Lipinski definition) is 4. The quantitative estimate of drug-likeness (QED) is 0.649. The van der Waals surface area contributed by atoms with Crippen LogP contribution in [0.15, 0.2) is 24.4 Å². The number of rotatable bonds is 2. The molecule has 0 aliphatic carbocycles. The predicted octanol–water partition coefficient (Wildman–Crippen LogP) is 1.53. The third-order valence-corrected chi connectivity index (χ3v) is 3.98. The third-order valence-electron chi connectivity index (χ3n) is 3.68. The van der Waals surface area contributed by atoms with Gasteiger partial charge >= 0.3 is 0 Å². The van der Waals surface area contributed by atoms with Gasteiger partial charge in [-0.1, -0.05) is 11.6 Å². The smallest absolute Gasteiger partial charge is 0.239 e. The summed E-state index contributed by atoms with van der Waals surface area (Å²) in [7, 11) is 0. The lowest BCUT2D eigenvalue weighted by molar-refractivity contribution is -0.129. The van der Waals surface area contributed by atoms with Crippen LogP contribution >= 0.6 is 11.6 Å². The lowest BCUT2D eigenvalue weighted by atomic mass is 10.1. The molecule has 0 bridgehead atoms. The van der Waals surface area contributed by atoms with Gasteiger partial charge in [0.2, 0.25) is 5.91 Å². The second kappa shape index (κ2) is 4.92. The van der Waals surface area contributed by atoms with E-state index >= 15 is 0 Å². The lowest BCUT2D eigenvalue weighted by Gasteiger charge is -2.18. The average Bonchev–Trinajstić information content (AvgIpc) is 2.72. The largest absolute Gasteiger partial charge is 0.398 e. The molecule has 0 radical (unpaired) electrons. The molecule has 1 saturated heterocycles. The standard InChI is InChI=1S/C14H15ClN4O/c15-13-10-5-9(7-19-4-2-11(16)14(19)20)12(17)6-8(10)1-3-18-13/h1,3,5-6,11H,2,4,7,16-17H2. The van der Waals surface area contributed by atoms with Gasteiger partial charge in [0.15, 0.2) is 0 Å². The average molecular weight is 291 g/mol. The first-order valence-electron chi connectivity index (χ1n) is 6.43. The van der Waals surface area contributed by atoms with Gasteiger partial charge < -0.3 is 16.4 Å². The minimum Gasteiger partial charge on any atom is -0.398 e. The number of carbonyl (C=O) groups excluding carboxylic acids is 1. The first-order valence-corrected chi connectivity index (χ1v) is 6.81. The van der Waals surface area contributed by atoms with Crippen molar-refractivity contribution in [3.8, 4) is 0 Å². The monoisotopic (exact) mass is 290 g/mol. The van der Waals surface area contributed by atoms with E-state index in [0.29, 0.717) is 30.4 Å². The van der Waals surface area contributed by atoms with Crippen LogP contribution in [0, 0.1) is 0 Å². The van der Waals surface area contributed by atoms with Crippen molar-refractivity contribution >= 4 is 34.0 Å². The Morgan fingerprint density at radius 2 is 2.25 bits per heavy atom. The van der Waals surface area contributed by atoms with E-state index in [1.165, 1.54) is 0 Å². The number of nitrogens with zero attached hydrogens (tertiary/aromatic N) is 2. The minimum absolute atomic E-state index is 0.0261. The van der Waals surface area contributed by atoms with Crippen molar-refractivity contribution < 1.29 is 4.79 Å². The Bertz CT molecular complexity index is 688. The number of nitrogen functional groups attached to an aromatic ring is 1. The summed E-state index contributed by atoms with van der Waals surface area (Å²) >= 11 is 6.10. The molecule has 4 N–H and O–H groups in total. The fourth-order valence-electron chi connectivity index (χ4n) is 2.51. The van der Waals surface area contributed by atoms with E-state index in [4.69, 9.17) is 23.1 Å². The third kappa shape index (κ3) is 2.19. The van der Waals surface area contributed by atoms with Crippen LogP contribution in [-0.2, 0) is 11.3 Å². The molecule has 0 spiro atoms. The second-order valence-electron chi connectivity index (χ2n) is 5.03. The Morgan fingerprint density at radius 1 is 1.45 bits per heavy atom. The van der Waals surface area contributed by atoms with Crippen LogP contribution in [0.3, 0.4) is 0 Å². The van der Waals surface area contributed by atoms with Gasteiger partial charge in [0.1, 0.15) is 5.15 Å². The van der Waals surface area contributed by atoms with Gasteiger partial charge in [-0.3, -0.25) is 4.79 Å². The van der Waals surface area contributed by atoms with Crippen LogP contribution in [0.5, 0.6) is 0 Å². The summed E-state index contributed by atoms with van der Waals surface area (Å²) in [6, 6.07) is 5.23. The Kier molecular flexibility index (Phi) is 3.23. The molecule has 5 nitrogen and oxygen atoms in total. The molecule has 1 unspecified atom stereocenters. The number of amides is 1. The molecule has 6 heteroatoms. The van der Waals surface area contributed by atoms with Crippen molar-refractivity contribution in [2.45, 2.75) is 19.0 Å². The maximum atomic E-state index is 11.9. The van der Waals surface area contributed by atoms with Crippen LogP contribution in [0.25, 0.3) is 10.8 Å². The number of anilines is 1. The maximum absolute atomic E-state index is 11.9. The van der Waals surface area contributed by atoms with E-state index in [0.717, 1.165) is 16.3 Å². The van der Waals surface area contributed by atoms with Gasteiger partial charge in [0.25, 0.3) is 0 Å². The van der Waals surface area contributed by atoms with E-state index in [9.17, 15) is 4.79 Å². The summed E-state index contributed by atoms with van der Waals surface area (Å²) < 4.78 is 0. The summed E-state index contributed by atoms with van der Waals surface area (Å²) in [5, 5.41) is 2.22. The number of nitrogens with two attached hydrogens (primary N) is 2. The molecule has 1 aromatic carbocycles. The second-order valence-corrected chi connectivity index (χ2v) is 5.39. The lowest BCUT2D eigenvalue weighted by Crippen LogP contribution is -2.33. The maximum Gasteiger partial charge on any atom is 0.239 e. The molecule has 2 aromatic rings. The molecule has 3 rings (SSSR count). The Hall–Kier alpha value is -1.85. The van der Waals surface area contributed by atoms with Crippen LogP contribution in [0.1, 0.15) is 12.0 Å². The van der Waals surface area contributed by atoms with Crippen molar-refractivity contribution in [3.63, 3.8) is 0 Å². The summed E-state index contributed by atoms with van der Waals surface area (Å²) in [5.74, 6) is -0.0261. The van der Waals surface area contributed by atoms with Crippen molar-refractivity contribution in [2.24, 2.45) is 5.73 Å². The van der Waals surface area contributed by atoms with Crippen molar-refractivity contribution in [3.05, 3.63) is 35.1 Å². The Balaban J connectivity index is 1.97. The summed E-state index contributed by atoms with van der Waals surface area (Å²) in [4.78, 5) is 17.7. The molecular formula is C14H15ClN4O. The molecular weight excluding hydrogens is 276 g/mol. The van der Waals surface area contributed by atoms with E-state index < -0.39 is 0 Å². The van der Waals surface area contributed by atoms with Crippen LogP contribution < -0.4 is 11.5 Å². The van der Waals surface area contributed by atoms with Gasteiger partial charge in [-0.25, -0.2) is 4.98 Å². The SMILES string of the molecule is Nc1cc2ccnc(Cl)c2cc1CN1CCC(N)C1=O. The van der Waals surface area contributed by atoms with Crippen LogP contribution in [0.4, 0.5) is 5.69 Å². The van der Waals surface area contributed by atoms with Crippen LogP contribution in [0.2, 0.25) is 5.15 Å².